The van der Waals surface area contributed by atoms with Crippen LogP contribution in [0.3, 0.4) is 0 Å². The lowest BCUT2D eigenvalue weighted by molar-refractivity contribution is 0.171. The molecule has 0 heterocycles. The van der Waals surface area contributed by atoms with Crippen molar-refractivity contribution in [2.24, 2.45) is 5.41 Å². The number of aliphatic hydroxyl groups excluding tert-OH is 1. The highest BCUT2D eigenvalue weighted by atomic mass is 16.3. The van der Waals surface area contributed by atoms with E-state index < -0.39 is 0 Å². The van der Waals surface area contributed by atoms with Gasteiger partial charge in [0.05, 0.1) is 6.61 Å². The molecule has 0 unspecified atom stereocenters. The first-order valence-corrected chi connectivity index (χ1v) is 6.36. The smallest absolute Gasteiger partial charge is 0.317 e. The number of aliphatic hydroxyl groups is 1. The number of rotatable bonds is 6. The normalized spacial score (nSPS) is 21.6. The quantitative estimate of drug-likeness (QED) is 0.718. The van der Waals surface area contributed by atoms with E-state index in [0.717, 1.165) is 25.8 Å². The summed E-state index contributed by atoms with van der Waals surface area (Å²) in [6.07, 6.45) is 5.82. The molecule has 0 saturated heterocycles. The van der Waals surface area contributed by atoms with Crippen LogP contribution in [-0.4, -0.2) is 41.8 Å². The molecule has 2 aliphatic carbocycles. The Morgan fingerprint density at radius 2 is 2.19 bits per heavy atom. The summed E-state index contributed by atoms with van der Waals surface area (Å²) in [5.41, 5.74) is 0.393. The molecule has 2 saturated carbocycles. The Labute approximate surface area is 97.0 Å². The largest absolute Gasteiger partial charge is 0.395 e. The number of urea groups is 1. The number of nitrogens with zero attached hydrogens (tertiary/aromatic N) is 1. The van der Waals surface area contributed by atoms with Gasteiger partial charge in [-0.2, -0.15) is 0 Å². The van der Waals surface area contributed by atoms with Crippen molar-refractivity contribution < 1.29 is 9.90 Å². The molecule has 0 atom stereocenters. The fourth-order valence-electron chi connectivity index (χ4n) is 2.14. The maximum atomic E-state index is 11.9. The van der Waals surface area contributed by atoms with Crippen molar-refractivity contribution in [1.29, 1.82) is 0 Å². The molecule has 2 aliphatic rings. The molecule has 92 valence electrons. The van der Waals surface area contributed by atoms with Gasteiger partial charge in [-0.25, -0.2) is 4.79 Å². The zero-order valence-electron chi connectivity index (χ0n) is 10.0. The van der Waals surface area contributed by atoms with Gasteiger partial charge in [-0.1, -0.05) is 6.92 Å². The van der Waals surface area contributed by atoms with Crippen molar-refractivity contribution in [1.82, 2.24) is 10.2 Å². The van der Waals surface area contributed by atoms with Gasteiger partial charge in [-0.15, -0.1) is 0 Å². The molecule has 2 fully saturated rings. The first-order chi connectivity index (χ1) is 7.71. The van der Waals surface area contributed by atoms with Crippen LogP contribution in [0.4, 0.5) is 4.79 Å². The molecule has 2 amide bonds. The highest BCUT2D eigenvalue weighted by molar-refractivity contribution is 5.75. The predicted molar refractivity (Wildman–Crippen MR) is 62.2 cm³/mol. The zero-order valence-corrected chi connectivity index (χ0v) is 10.0. The third-order valence-corrected chi connectivity index (χ3v) is 3.91. The van der Waals surface area contributed by atoms with E-state index in [1.807, 2.05) is 0 Å². The molecule has 0 bridgehead atoms. The number of amides is 2. The lowest BCUT2D eigenvalue weighted by Crippen LogP contribution is -2.44. The number of carbonyl (C=O) groups is 1. The van der Waals surface area contributed by atoms with Crippen LogP contribution in [0.2, 0.25) is 0 Å². The monoisotopic (exact) mass is 226 g/mol. The molecule has 0 aromatic carbocycles. The molecule has 2 rings (SSSR count). The fraction of sp³-hybridized carbons (Fsp3) is 0.917. The predicted octanol–water partition coefficient (Wildman–Crippen LogP) is 1.34. The number of carbonyl (C=O) groups excluding carboxylic acids is 1. The second kappa shape index (κ2) is 4.62. The Kier molecular flexibility index (Phi) is 3.38. The summed E-state index contributed by atoms with van der Waals surface area (Å²) in [6.45, 7) is 3.51. The molecule has 0 aromatic heterocycles. The lowest BCUT2D eigenvalue weighted by Gasteiger charge is -2.23. The van der Waals surface area contributed by atoms with Crippen LogP contribution in [0.25, 0.3) is 0 Å². The summed E-state index contributed by atoms with van der Waals surface area (Å²) in [5.74, 6) is 0. The van der Waals surface area contributed by atoms with Crippen LogP contribution >= 0.6 is 0 Å². The second-order valence-corrected chi connectivity index (χ2v) is 5.16. The Morgan fingerprint density at radius 1 is 1.50 bits per heavy atom. The summed E-state index contributed by atoms with van der Waals surface area (Å²) in [4.78, 5) is 13.7. The average Bonchev–Trinajstić information content (AvgIpc) is 3.17. The van der Waals surface area contributed by atoms with Gasteiger partial charge in [0, 0.05) is 19.1 Å². The average molecular weight is 226 g/mol. The maximum Gasteiger partial charge on any atom is 0.317 e. The molecule has 4 heteroatoms. The van der Waals surface area contributed by atoms with Crippen molar-refractivity contribution in [3.05, 3.63) is 0 Å². The first-order valence-electron chi connectivity index (χ1n) is 6.36. The van der Waals surface area contributed by atoms with Gasteiger partial charge in [0.1, 0.15) is 0 Å². The van der Waals surface area contributed by atoms with Crippen molar-refractivity contribution in [2.45, 2.75) is 45.1 Å². The highest BCUT2D eigenvalue weighted by Crippen LogP contribution is 2.47. The van der Waals surface area contributed by atoms with Gasteiger partial charge in [0.15, 0.2) is 0 Å². The molecule has 4 nitrogen and oxygen atoms in total. The molecule has 0 radical (unpaired) electrons. The van der Waals surface area contributed by atoms with Crippen LogP contribution in [-0.2, 0) is 0 Å². The Hall–Kier alpha value is -0.770. The van der Waals surface area contributed by atoms with E-state index in [1.165, 1.54) is 12.8 Å². The molecular formula is C12H22N2O2. The molecule has 0 aliphatic heterocycles. The van der Waals surface area contributed by atoms with E-state index in [0.29, 0.717) is 18.0 Å². The topological polar surface area (TPSA) is 52.6 Å². The van der Waals surface area contributed by atoms with E-state index in [-0.39, 0.29) is 12.6 Å². The van der Waals surface area contributed by atoms with Gasteiger partial charge in [0.2, 0.25) is 0 Å². The van der Waals surface area contributed by atoms with Gasteiger partial charge in [-0.3, -0.25) is 0 Å². The van der Waals surface area contributed by atoms with Crippen LogP contribution in [0, 0.1) is 5.41 Å². The summed E-state index contributed by atoms with van der Waals surface area (Å²) in [5, 5.41) is 11.9. The minimum absolute atomic E-state index is 0.0104. The van der Waals surface area contributed by atoms with E-state index in [9.17, 15) is 4.79 Å². The Morgan fingerprint density at radius 3 is 2.62 bits per heavy atom. The van der Waals surface area contributed by atoms with Crippen molar-refractivity contribution >= 4 is 6.03 Å². The van der Waals surface area contributed by atoms with Crippen molar-refractivity contribution in [3.63, 3.8) is 0 Å². The molecule has 16 heavy (non-hydrogen) atoms. The van der Waals surface area contributed by atoms with Gasteiger partial charge in [0.25, 0.3) is 0 Å². The van der Waals surface area contributed by atoms with E-state index in [1.54, 1.807) is 4.90 Å². The van der Waals surface area contributed by atoms with Gasteiger partial charge < -0.3 is 15.3 Å². The Balaban J connectivity index is 1.76. The minimum Gasteiger partial charge on any atom is -0.395 e. The maximum absolute atomic E-state index is 11.9. The third-order valence-electron chi connectivity index (χ3n) is 3.91. The molecule has 0 spiro atoms. The SMILES string of the molecule is CCC1(CNC(=O)N(CCO)C2CC2)CC1. The zero-order chi connectivity index (χ0) is 11.6. The minimum atomic E-state index is 0.0104. The standard InChI is InChI=1S/C12H22N2O2/c1-2-12(5-6-12)9-13-11(16)14(7-8-15)10-3-4-10/h10,15H,2-9H2,1H3,(H,13,16). The fourth-order valence-corrected chi connectivity index (χ4v) is 2.14. The van der Waals surface area contributed by atoms with Crippen molar-refractivity contribution in [3.8, 4) is 0 Å². The van der Waals surface area contributed by atoms with E-state index >= 15 is 0 Å². The molecular weight excluding hydrogens is 204 g/mol. The summed E-state index contributed by atoms with van der Waals surface area (Å²) < 4.78 is 0. The van der Waals surface area contributed by atoms with Crippen LogP contribution < -0.4 is 5.32 Å². The van der Waals surface area contributed by atoms with E-state index in [2.05, 4.69) is 12.2 Å². The van der Waals surface area contributed by atoms with Gasteiger partial charge >= 0.3 is 6.03 Å². The summed E-state index contributed by atoms with van der Waals surface area (Å²) >= 11 is 0. The molecule has 0 aromatic rings. The number of hydrogen-bond donors (Lipinski definition) is 2. The molecule has 2 N–H and O–H groups in total. The first kappa shape index (κ1) is 11.7. The van der Waals surface area contributed by atoms with Crippen molar-refractivity contribution in [2.75, 3.05) is 19.7 Å². The van der Waals surface area contributed by atoms with E-state index in [4.69, 9.17) is 5.11 Å². The highest BCUT2D eigenvalue weighted by Gasteiger charge is 2.41. The second-order valence-electron chi connectivity index (χ2n) is 5.16. The van der Waals surface area contributed by atoms with Crippen LogP contribution in [0.1, 0.15) is 39.0 Å². The van der Waals surface area contributed by atoms with Crippen LogP contribution in [0.5, 0.6) is 0 Å². The number of hydrogen-bond acceptors (Lipinski definition) is 2. The summed E-state index contributed by atoms with van der Waals surface area (Å²) in [6, 6.07) is 0.389. The Bertz CT molecular complexity index is 260. The summed E-state index contributed by atoms with van der Waals surface area (Å²) in [7, 11) is 0. The third kappa shape index (κ3) is 2.67. The lowest BCUT2D eigenvalue weighted by atomic mass is 10.0. The number of nitrogens with one attached hydrogen (secondary N) is 1. The van der Waals surface area contributed by atoms with Crippen LogP contribution in [0.15, 0.2) is 0 Å². The van der Waals surface area contributed by atoms with Gasteiger partial charge in [-0.05, 0) is 37.5 Å².